The monoisotopic (exact) mass is 329 g/mol. The zero-order valence-electron chi connectivity index (χ0n) is 12.4. The van der Waals surface area contributed by atoms with Crippen LogP contribution in [0, 0.1) is 0 Å². The van der Waals surface area contributed by atoms with Gasteiger partial charge >= 0.3 is 0 Å². The Hall–Kier alpha value is -2.11. The number of rotatable bonds is 3. The van der Waals surface area contributed by atoms with Crippen LogP contribution < -0.4 is 0 Å². The molecule has 0 bridgehead atoms. The van der Waals surface area contributed by atoms with Crippen molar-refractivity contribution in [1.82, 2.24) is 14.9 Å². The summed E-state index contributed by atoms with van der Waals surface area (Å²) in [7, 11) is 0. The molecule has 5 nitrogen and oxygen atoms in total. The average molecular weight is 330 g/mol. The number of hydrogen-bond acceptors (Lipinski definition) is 4. The molecule has 1 unspecified atom stereocenters. The van der Waals surface area contributed by atoms with E-state index in [1.54, 1.807) is 0 Å². The number of benzene rings is 1. The standard InChI is InChI=1S/C17H16ClN3O2/c18-13-3-1-2-11(6-13)17-8-14(20-23-17)10-21-9-12-7-15(22)4-5-16(12)19-21/h1-3,6,8-9,15,22H,4-5,7,10H2. The van der Waals surface area contributed by atoms with Crippen LogP contribution in [0.1, 0.15) is 23.4 Å². The van der Waals surface area contributed by atoms with E-state index >= 15 is 0 Å². The van der Waals surface area contributed by atoms with Crippen molar-refractivity contribution in [3.05, 3.63) is 58.5 Å². The number of aliphatic hydroxyl groups is 1. The molecule has 1 aliphatic carbocycles. The molecule has 0 radical (unpaired) electrons. The highest BCUT2D eigenvalue weighted by atomic mass is 35.5. The van der Waals surface area contributed by atoms with Crippen LogP contribution in [0.4, 0.5) is 0 Å². The van der Waals surface area contributed by atoms with Gasteiger partial charge in [0, 0.05) is 29.3 Å². The maximum atomic E-state index is 9.73. The van der Waals surface area contributed by atoms with Crippen molar-refractivity contribution < 1.29 is 9.63 Å². The lowest BCUT2D eigenvalue weighted by Crippen LogP contribution is -2.17. The zero-order valence-corrected chi connectivity index (χ0v) is 13.2. The maximum absolute atomic E-state index is 9.73. The SMILES string of the molecule is OC1CCc2nn(Cc3cc(-c4cccc(Cl)c4)on3)cc2C1. The lowest BCUT2D eigenvalue weighted by Gasteiger charge is -2.14. The fourth-order valence-electron chi connectivity index (χ4n) is 2.95. The van der Waals surface area contributed by atoms with E-state index in [4.69, 9.17) is 16.1 Å². The molecule has 1 atom stereocenters. The molecule has 3 aromatic rings. The van der Waals surface area contributed by atoms with Gasteiger partial charge in [-0.2, -0.15) is 5.10 Å². The van der Waals surface area contributed by atoms with Gasteiger partial charge in [-0.3, -0.25) is 4.68 Å². The molecule has 1 aromatic carbocycles. The van der Waals surface area contributed by atoms with Gasteiger partial charge in [0.15, 0.2) is 5.76 Å². The van der Waals surface area contributed by atoms with E-state index in [1.165, 1.54) is 0 Å². The van der Waals surface area contributed by atoms with Gasteiger partial charge in [-0.15, -0.1) is 0 Å². The number of aromatic nitrogens is 3. The van der Waals surface area contributed by atoms with Crippen molar-refractivity contribution >= 4 is 11.6 Å². The Kier molecular flexibility index (Phi) is 3.67. The summed E-state index contributed by atoms with van der Waals surface area (Å²) in [6, 6.07) is 9.39. The Morgan fingerprint density at radius 2 is 2.26 bits per heavy atom. The number of aliphatic hydroxyl groups excluding tert-OH is 1. The highest BCUT2D eigenvalue weighted by Crippen LogP contribution is 2.24. The lowest BCUT2D eigenvalue weighted by atomic mass is 9.96. The minimum atomic E-state index is -0.248. The van der Waals surface area contributed by atoms with Crippen molar-refractivity contribution in [2.24, 2.45) is 0 Å². The van der Waals surface area contributed by atoms with Crippen molar-refractivity contribution in [1.29, 1.82) is 0 Å². The number of nitrogens with zero attached hydrogens (tertiary/aromatic N) is 3. The van der Waals surface area contributed by atoms with Gasteiger partial charge in [0.05, 0.1) is 18.3 Å². The highest BCUT2D eigenvalue weighted by molar-refractivity contribution is 6.30. The first-order valence-electron chi connectivity index (χ1n) is 7.62. The summed E-state index contributed by atoms with van der Waals surface area (Å²) in [5, 5.41) is 19.1. The Bertz CT molecular complexity index is 840. The Balaban J connectivity index is 1.54. The molecule has 0 spiro atoms. The Labute approximate surface area is 138 Å². The molecular formula is C17H16ClN3O2. The molecular weight excluding hydrogens is 314 g/mol. The van der Waals surface area contributed by atoms with E-state index in [1.807, 2.05) is 41.2 Å². The first kappa shape index (κ1) is 14.5. The summed E-state index contributed by atoms with van der Waals surface area (Å²) in [5.41, 5.74) is 3.91. The van der Waals surface area contributed by atoms with Gasteiger partial charge in [0.1, 0.15) is 5.69 Å². The van der Waals surface area contributed by atoms with Gasteiger partial charge in [-0.25, -0.2) is 0 Å². The first-order chi connectivity index (χ1) is 11.2. The van der Waals surface area contributed by atoms with Crippen LogP contribution in [0.25, 0.3) is 11.3 Å². The van der Waals surface area contributed by atoms with Gasteiger partial charge in [-0.05, 0) is 30.5 Å². The minimum absolute atomic E-state index is 0.248. The summed E-state index contributed by atoms with van der Waals surface area (Å²) in [5.74, 6) is 0.690. The molecule has 0 saturated carbocycles. The number of aryl methyl sites for hydroxylation is 1. The summed E-state index contributed by atoms with van der Waals surface area (Å²) < 4.78 is 7.27. The minimum Gasteiger partial charge on any atom is -0.393 e. The topological polar surface area (TPSA) is 64.1 Å². The fourth-order valence-corrected chi connectivity index (χ4v) is 3.14. The van der Waals surface area contributed by atoms with Crippen LogP contribution >= 0.6 is 11.6 Å². The van der Waals surface area contributed by atoms with E-state index in [9.17, 15) is 5.11 Å². The van der Waals surface area contributed by atoms with Gasteiger partial charge in [0.2, 0.25) is 0 Å². The van der Waals surface area contributed by atoms with Crippen molar-refractivity contribution in [2.75, 3.05) is 0 Å². The number of fused-ring (bicyclic) bond motifs is 1. The summed E-state index contributed by atoms with van der Waals surface area (Å²) in [4.78, 5) is 0. The maximum Gasteiger partial charge on any atom is 0.167 e. The first-order valence-corrected chi connectivity index (χ1v) is 8.00. The van der Waals surface area contributed by atoms with Crippen LogP contribution in [-0.4, -0.2) is 26.1 Å². The number of hydrogen-bond donors (Lipinski definition) is 1. The van der Waals surface area contributed by atoms with E-state index in [-0.39, 0.29) is 6.10 Å². The van der Waals surface area contributed by atoms with E-state index in [0.29, 0.717) is 23.7 Å². The second-order valence-electron chi connectivity index (χ2n) is 5.89. The smallest absolute Gasteiger partial charge is 0.167 e. The molecule has 118 valence electrons. The molecule has 23 heavy (non-hydrogen) atoms. The van der Waals surface area contributed by atoms with Crippen LogP contribution in [0.3, 0.4) is 0 Å². The lowest BCUT2D eigenvalue weighted by molar-refractivity contribution is 0.158. The molecule has 0 saturated heterocycles. The van der Waals surface area contributed by atoms with E-state index in [2.05, 4.69) is 10.3 Å². The summed E-state index contributed by atoms with van der Waals surface area (Å²) in [6.45, 7) is 0.549. The quantitative estimate of drug-likeness (QED) is 0.802. The highest BCUT2D eigenvalue weighted by Gasteiger charge is 2.20. The van der Waals surface area contributed by atoms with E-state index < -0.39 is 0 Å². The third kappa shape index (κ3) is 3.02. The molecule has 0 amide bonds. The van der Waals surface area contributed by atoms with Crippen LogP contribution in [0.5, 0.6) is 0 Å². The molecule has 1 aliphatic rings. The largest absolute Gasteiger partial charge is 0.393 e. The van der Waals surface area contributed by atoms with Crippen molar-refractivity contribution in [3.8, 4) is 11.3 Å². The molecule has 2 heterocycles. The summed E-state index contributed by atoms with van der Waals surface area (Å²) in [6.07, 6.45) is 4.04. The zero-order chi connectivity index (χ0) is 15.8. The van der Waals surface area contributed by atoms with Gasteiger partial charge in [-0.1, -0.05) is 28.9 Å². The van der Waals surface area contributed by atoms with Crippen LogP contribution in [-0.2, 0) is 19.4 Å². The molecule has 6 heteroatoms. The predicted molar refractivity (Wildman–Crippen MR) is 86.3 cm³/mol. The molecule has 0 fully saturated rings. The normalized spacial score (nSPS) is 17.2. The Morgan fingerprint density at radius 1 is 1.35 bits per heavy atom. The van der Waals surface area contributed by atoms with Gasteiger partial charge in [0.25, 0.3) is 0 Å². The van der Waals surface area contributed by atoms with Gasteiger partial charge < -0.3 is 9.63 Å². The fraction of sp³-hybridized carbons (Fsp3) is 0.294. The molecule has 4 rings (SSSR count). The average Bonchev–Trinajstić information content (AvgIpc) is 3.13. The predicted octanol–water partition coefficient (Wildman–Crippen LogP) is 3.09. The second-order valence-corrected chi connectivity index (χ2v) is 6.32. The third-order valence-electron chi connectivity index (χ3n) is 4.09. The molecule has 0 aliphatic heterocycles. The van der Waals surface area contributed by atoms with Crippen LogP contribution in [0.15, 0.2) is 41.1 Å². The van der Waals surface area contributed by atoms with Crippen molar-refractivity contribution in [2.45, 2.75) is 31.9 Å². The van der Waals surface area contributed by atoms with E-state index in [0.717, 1.165) is 35.4 Å². The Morgan fingerprint density at radius 3 is 3.13 bits per heavy atom. The van der Waals surface area contributed by atoms with Crippen molar-refractivity contribution in [3.63, 3.8) is 0 Å². The number of halogens is 1. The molecule has 2 aromatic heterocycles. The summed E-state index contributed by atoms with van der Waals surface area (Å²) >= 11 is 6.00. The third-order valence-corrected chi connectivity index (χ3v) is 4.32. The molecule has 1 N–H and O–H groups in total. The van der Waals surface area contributed by atoms with Crippen LogP contribution in [0.2, 0.25) is 5.02 Å². The second kappa shape index (κ2) is 5.83.